The smallest absolute Gasteiger partial charge is 0.243 e. The van der Waals surface area contributed by atoms with Gasteiger partial charge in [0.25, 0.3) is 0 Å². The number of morpholine rings is 1. The van der Waals surface area contributed by atoms with Gasteiger partial charge in [0.1, 0.15) is 11.1 Å². The van der Waals surface area contributed by atoms with Crippen LogP contribution in [0.2, 0.25) is 0 Å². The lowest BCUT2D eigenvalue weighted by atomic mass is 9.96. The summed E-state index contributed by atoms with van der Waals surface area (Å²) in [6.07, 6.45) is 3.99. The number of fused-ring (bicyclic) bond motifs is 1. The van der Waals surface area contributed by atoms with Gasteiger partial charge in [-0.2, -0.15) is 9.57 Å². The summed E-state index contributed by atoms with van der Waals surface area (Å²) in [5, 5.41) is 22.6. The molecule has 13 heteroatoms. The number of carbonyl (C=O) groups is 1. The molecule has 0 atom stereocenters. The van der Waals surface area contributed by atoms with E-state index >= 15 is 0 Å². The lowest BCUT2D eigenvalue weighted by molar-refractivity contribution is -0.113. The minimum Gasteiger partial charge on any atom is -0.379 e. The summed E-state index contributed by atoms with van der Waals surface area (Å²) >= 11 is 2.74. The highest BCUT2D eigenvalue weighted by atomic mass is 32.2. The van der Waals surface area contributed by atoms with Crippen molar-refractivity contribution in [2.45, 2.75) is 35.7 Å². The Labute approximate surface area is 252 Å². The summed E-state index contributed by atoms with van der Waals surface area (Å²) in [5.74, 6) is 0.379. The number of amides is 1. The van der Waals surface area contributed by atoms with Crippen LogP contribution in [0.5, 0.6) is 0 Å². The summed E-state index contributed by atoms with van der Waals surface area (Å²) in [6, 6.07) is 18.4. The summed E-state index contributed by atoms with van der Waals surface area (Å²) in [5.41, 5.74) is 3.16. The van der Waals surface area contributed by atoms with Gasteiger partial charge in [0, 0.05) is 29.2 Å². The van der Waals surface area contributed by atoms with Crippen LogP contribution in [0.1, 0.15) is 28.8 Å². The number of nitrogens with one attached hydrogen (secondary N) is 1. The first-order valence-electron chi connectivity index (χ1n) is 13.6. The van der Waals surface area contributed by atoms with Gasteiger partial charge in [-0.3, -0.25) is 9.36 Å². The van der Waals surface area contributed by atoms with Crippen LogP contribution >= 0.6 is 23.1 Å². The molecule has 6 rings (SSSR count). The molecule has 2 aromatic carbocycles. The number of benzene rings is 2. The van der Waals surface area contributed by atoms with Crippen molar-refractivity contribution in [2.75, 3.05) is 37.4 Å². The van der Waals surface area contributed by atoms with Crippen LogP contribution in [0, 0.1) is 11.3 Å². The molecule has 4 aromatic rings. The van der Waals surface area contributed by atoms with Crippen LogP contribution in [0.15, 0.2) is 64.6 Å². The predicted molar refractivity (Wildman–Crippen MR) is 161 cm³/mol. The SMILES string of the molecule is N#Cc1c(NC(=O)CSc2nnc(-c3ccc(S(=O)(=O)N4CCOCC4)cc3)n2-c2ccccc2)sc2c1CCCC2. The zero-order chi connectivity index (χ0) is 29.1. The minimum absolute atomic E-state index is 0.0785. The maximum atomic E-state index is 13.1. The largest absolute Gasteiger partial charge is 0.379 e. The first-order chi connectivity index (χ1) is 20.5. The number of hydrogen-bond donors (Lipinski definition) is 1. The molecule has 1 aliphatic carbocycles. The van der Waals surface area contributed by atoms with E-state index in [9.17, 15) is 18.5 Å². The summed E-state index contributed by atoms with van der Waals surface area (Å²) < 4.78 is 34.8. The number of rotatable bonds is 8. The van der Waals surface area contributed by atoms with E-state index in [0.717, 1.165) is 36.9 Å². The highest BCUT2D eigenvalue weighted by Crippen LogP contribution is 2.38. The molecular weight excluding hydrogens is 593 g/mol. The Bertz CT molecular complexity index is 1740. The van der Waals surface area contributed by atoms with Crippen LogP contribution in [-0.4, -0.2) is 65.5 Å². The lowest BCUT2D eigenvalue weighted by Crippen LogP contribution is -2.40. The average Bonchev–Trinajstić information content (AvgIpc) is 3.62. The van der Waals surface area contributed by atoms with Gasteiger partial charge in [-0.15, -0.1) is 21.5 Å². The monoisotopic (exact) mass is 620 g/mol. The Balaban J connectivity index is 1.23. The second-order valence-corrected chi connectivity index (χ2v) is 13.9. The van der Waals surface area contributed by atoms with Crippen molar-refractivity contribution in [3.8, 4) is 23.1 Å². The number of anilines is 1. The third-order valence-electron chi connectivity index (χ3n) is 7.24. The van der Waals surface area contributed by atoms with Crippen LogP contribution in [-0.2, 0) is 32.4 Å². The molecule has 10 nitrogen and oxygen atoms in total. The highest BCUT2D eigenvalue weighted by molar-refractivity contribution is 7.99. The maximum absolute atomic E-state index is 13.1. The van der Waals surface area contributed by atoms with E-state index < -0.39 is 10.0 Å². The first kappa shape index (κ1) is 28.6. The number of sulfonamides is 1. The maximum Gasteiger partial charge on any atom is 0.243 e. The van der Waals surface area contributed by atoms with Crippen molar-refractivity contribution in [3.05, 3.63) is 70.6 Å². The topological polar surface area (TPSA) is 130 Å². The van der Waals surface area contributed by atoms with E-state index in [0.29, 0.717) is 53.4 Å². The fraction of sp³-hybridized carbons (Fsp3) is 0.310. The molecule has 1 amide bonds. The number of aromatic nitrogens is 3. The van der Waals surface area contributed by atoms with Crippen molar-refractivity contribution in [3.63, 3.8) is 0 Å². The normalized spacial score (nSPS) is 15.6. The number of aryl methyl sites for hydroxylation is 1. The van der Waals surface area contributed by atoms with Gasteiger partial charge in [-0.1, -0.05) is 30.0 Å². The molecule has 3 heterocycles. The van der Waals surface area contributed by atoms with Crippen LogP contribution in [0.4, 0.5) is 5.00 Å². The number of carbonyl (C=O) groups excluding carboxylic acids is 1. The number of hydrogen-bond acceptors (Lipinski definition) is 9. The van der Waals surface area contributed by atoms with E-state index in [1.54, 1.807) is 24.3 Å². The van der Waals surface area contributed by atoms with Crippen molar-refractivity contribution < 1.29 is 17.9 Å². The van der Waals surface area contributed by atoms with Crippen molar-refractivity contribution in [1.82, 2.24) is 19.1 Å². The van der Waals surface area contributed by atoms with E-state index in [4.69, 9.17) is 4.74 Å². The van der Waals surface area contributed by atoms with Crippen molar-refractivity contribution >= 4 is 44.0 Å². The molecule has 1 N–H and O–H groups in total. The standard InChI is InChI=1S/C29H28N6O4S3/c30-18-24-23-8-4-5-9-25(23)41-28(24)31-26(36)19-40-29-33-32-27(35(29)21-6-2-1-3-7-21)20-10-12-22(13-11-20)42(37,38)34-14-16-39-17-15-34/h1-3,6-7,10-13H,4-5,8-9,14-17,19H2,(H,31,36). The minimum atomic E-state index is -3.63. The molecule has 216 valence electrons. The summed E-state index contributed by atoms with van der Waals surface area (Å²) in [4.78, 5) is 14.4. The Kier molecular flexibility index (Phi) is 8.41. The Morgan fingerprint density at radius 1 is 1.05 bits per heavy atom. The van der Waals surface area contributed by atoms with Gasteiger partial charge < -0.3 is 10.1 Å². The quantitative estimate of drug-likeness (QED) is 0.285. The lowest BCUT2D eigenvalue weighted by Gasteiger charge is -2.26. The van der Waals surface area contributed by atoms with Crippen LogP contribution in [0.3, 0.4) is 0 Å². The molecule has 42 heavy (non-hydrogen) atoms. The fourth-order valence-electron chi connectivity index (χ4n) is 5.14. The molecule has 0 radical (unpaired) electrons. The van der Waals surface area contributed by atoms with Crippen LogP contribution in [0.25, 0.3) is 17.1 Å². The molecule has 0 saturated carbocycles. The molecule has 0 spiro atoms. The number of thioether (sulfide) groups is 1. The van der Waals surface area contributed by atoms with E-state index in [2.05, 4.69) is 21.6 Å². The Morgan fingerprint density at radius 3 is 2.52 bits per heavy atom. The molecule has 1 saturated heterocycles. The summed E-state index contributed by atoms with van der Waals surface area (Å²) in [7, 11) is -3.63. The number of nitriles is 1. The van der Waals surface area contributed by atoms with E-state index in [1.165, 1.54) is 32.3 Å². The zero-order valence-electron chi connectivity index (χ0n) is 22.7. The highest BCUT2D eigenvalue weighted by Gasteiger charge is 2.27. The van der Waals surface area contributed by atoms with Gasteiger partial charge in [0.15, 0.2) is 11.0 Å². The Hall–Kier alpha value is -3.54. The van der Waals surface area contributed by atoms with E-state index in [-0.39, 0.29) is 16.6 Å². The van der Waals surface area contributed by atoms with Gasteiger partial charge >= 0.3 is 0 Å². The molecule has 2 aliphatic rings. The number of ether oxygens (including phenoxy) is 1. The molecule has 1 fully saturated rings. The number of thiophene rings is 1. The van der Waals surface area contributed by atoms with Gasteiger partial charge in [0.05, 0.1) is 29.4 Å². The molecule has 1 aliphatic heterocycles. The predicted octanol–water partition coefficient (Wildman–Crippen LogP) is 4.50. The third-order valence-corrected chi connectivity index (χ3v) is 11.3. The molecule has 2 aromatic heterocycles. The Morgan fingerprint density at radius 2 is 1.79 bits per heavy atom. The third kappa shape index (κ3) is 5.73. The second kappa shape index (κ2) is 12.4. The van der Waals surface area contributed by atoms with Crippen LogP contribution < -0.4 is 5.32 Å². The van der Waals surface area contributed by atoms with Crippen molar-refractivity contribution in [2.24, 2.45) is 0 Å². The molecular formula is C29H28N6O4S3. The molecule has 0 unspecified atom stereocenters. The van der Waals surface area contributed by atoms with Crippen molar-refractivity contribution in [1.29, 1.82) is 5.26 Å². The average molecular weight is 621 g/mol. The fourth-order valence-corrected chi connectivity index (χ4v) is 8.55. The van der Waals surface area contributed by atoms with Gasteiger partial charge in [-0.05, 0) is 67.6 Å². The number of para-hydroxylation sites is 1. The first-order valence-corrected chi connectivity index (χ1v) is 16.9. The zero-order valence-corrected chi connectivity index (χ0v) is 25.1. The molecule has 0 bridgehead atoms. The number of nitrogens with zero attached hydrogens (tertiary/aromatic N) is 5. The summed E-state index contributed by atoms with van der Waals surface area (Å²) in [6.45, 7) is 1.41. The van der Waals surface area contributed by atoms with Gasteiger partial charge in [0.2, 0.25) is 15.9 Å². The van der Waals surface area contributed by atoms with Gasteiger partial charge in [-0.25, -0.2) is 8.42 Å². The van der Waals surface area contributed by atoms with E-state index in [1.807, 2.05) is 34.9 Å². The second-order valence-electron chi connectivity index (χ2n) is 9.88.